The van der Waals surface area contributed by atoms with Crippen LogP contribution >= 0.6 is 0 Å². The first-order chi connectivity index (χ1) is 11.1. The van der Waals surface area contributed by atoms with E-state index in [1.165, 1.54) is 0 Å². The number of aryl methyl sites for hydroxylation is 1. The summed E-state index contributed by atoms with van der Waals surface area (Å²) in [6.45, 7) is 4.25. The van der Waals surface area contributed by atoms with Crippen LogP contribution in [0.4, 0.5) is 0 Å². The van der Waals surface area contributed by atoms with Crippen LogP contribution in [0.25, 0.3) is 0 Å². The number of carbonyl (C=O) groups excluding carboxylic acids is 2. The average Bonchev–Trinajstić information content (AvgIpc) is 2.50. The van der Waals surface area contributed by atoms with E-state index < -0.39 is 0 Å². The van der Waals surface area contributed by atoms with E-state index in [1.54, 1.807) is 6.07 Å². The van der Waals surface area contributed by atoms with E-state index in [9.17, 15) is 9.59 Å². The van der Waals surface area contributed by atoms with Gasteiger partial charge in [-0.1, -0.05) is 37.8 Å². The van der Waals surface area contributed by atoms with Crippen molar-refractivity contribution in [3.05, 3.63) is 29.8 Å². The Morgan fingerprint density at radius 3 is 2.13 bits per heavy atom. The molecule has 4 heteroatoms. The van der Waals surface area contributed by atoms with Gasteiger partial charge in [0.1, 0.15) is 5.75 Å². The van der Waals surface area contributed by atoms with Gasteiger partial charge in [-0.25, -0.2) is 0 Å². The number of esters is 2. The number of hydrogen-bond donors (Lipinski definition) is 0. The number of unbranched alkanes of at least 4 members (excludes halogenated alkanes) is 5. The van der Waals surface area contributed by atoms with E-state index >= 15 is 0 Å². The van der Waals surface area contributed by atoms with Crippen LogP contribution in [0, 0.1) is 6.92 Å². The molecule has 1 aromatic rings. The highest BCUT2D eigenvalue weighted by Gasteiger charge is 2.05. The molecule has 4 nitrogen and oxygen atoms in total. The molecule has 0 atom stereocenters. The molecule has 0 aromatic heterocycles. The van der Waals surface area contributed by atoms with Gasteiger partial charge in [-0.3, -0.25) is 9.59 Å². The van der Waals surface area contributed by atoms with E-state index in [4.69, 9.17) is 9.47 Å². The van der Waals surface area contributed by atoms with E-state index in [-0.39, 0.29) is 11.9 Å². The summed E-state index contributed by atoms with van der Waals surface area (Å²) in [5, 5.41) is 0. The second kappa shape index (κ2) is 11.7. The van der Waals surface area contributed by atoms with Crippen LogP contribution < -0.4 is 4.74 Å². The molecule has 0 aliphatic heterocycles. The van der Waals surface area contributed by atoms with E-state index in [0.717, 1.165) is 44.1 Å². The Hall–Kier alpha value is -1.84. The third-order valence-corrected chi connectivity index (χ3v) is 3.54. The summed E-state index contributed by atoms with van der Waals surface area (Å²) in [7, 11) is 0. The molecule has 0 heterocycles. The SMILES string of the molecule is CCOC(=O)CCCCCCCCC(=O)Oc1cccc(C)c1. The largest absolute Gasteiger partial charge is 0.466 e. The Balaban J connectivity index is 1.98. The molecule has 0 N–H and O–H groups in total. The normalized spacial score (nSPS) is 10.3. The molecule has 0 aliphatic rings. The van der Waals surface area contributed by atoms with Gasteiger partial charge in [0.2, 0.25) is 0 Å². The minimum atomic E-state index is -0.169. The fraction of sp³-hybridized carbons (Fsp3) is 0.579. The van der Waals surface area contributed by atoms with Gasteiger partial charge in [0.25, 0.3) is 0 Å². The molecular weight excluding hydrogens is 292 g/mol. The van der Waals surface area contributed by atoms with Crippen LogP contribution in [0.15, 0.2) is 24.3 Å². The van der Waals surface area contributed by atoms with E-state index in [0.29, 0.717) is 25.2 Å². The van der Waals surface area contributed by atoms with E-state index in [1.807, 2.05) is 32.0 Å². The van der Waals surface area contributed by atoms with Crippen LogP contribution in [0.3, 0.4) is 0 Å². The van der Waals surface area contributed by atoms with Crippen LogP contribution in [-0.4, -0.2) is 18.5 Å². The van der Waals surface area contributed by atoms with Crippen molar-refractivity contribution in [3.8, 4) is 5.75 Å². The van der Waals surface area contributed by atoms with Crippen LogP contribution in [0.5, 0.6) is 5.75 Å². The van der Waals surface area contributed by atoms with E-state index in [2.05, 4.69) is 0 Å². The first-order valence-electron chi connectivity index (χ1n) is 8.54. The molecule has 23 heavy (non-hydrogen) atoms. The second-order valence-corrected chi connectivity index (χ2v) is 5.72. The van der Waals surface area contributed by atoms with Crippen molar-refractivity contribution in [1.29, 1.82) is 0 Å². The first-order valence-corrected chi connectivity index (χ1v) is 8.54. The zero-order chi connectivity index (χ0) is 16.9. The molecule has 0 radical (unpaired) electrons. The Kier molecular flexibility index (Phi) is 9.76. The third kappa shape index (κ3) is 9.72. The highest BCUT2D eigenvalue weighted by molar-refractivity contribution is 5.72. The topological polar surface area (TPSA) is 52.6 Å². The number of ether oxygens (including phenoxy) is 2. The Bertz CT molecular complexity index is 482. The van der Waals surface area contributed by atoms with Gasteiger partial charge in [-0.05, 0) is 44.4 Å². The molecule has 0 amide bonds. The fourth-order valence-electron chi connectivity index (χ4n) is 2.34. The number of carbonyl (C=O) groups is 2. The fourth-order valence-corrected chi connectivity index (χ4v) is 2.34. The molecule has 0 unspecified atom stereocenters. The van der Waals surface area contributed by atoms with Crippen LogP contribution in [0.1, 0.15) is 63.9 Å². The molecule has 0 bridgehead atoms. The van der Waals surface area contributed by atoms with Crippen LogP contribution in [0.2, 0.25) is 0 Å². The van der Waals surface area contributed by atoms with Gasteiger partial charge in [0.15, 0.2) is 0 Å². The Morgan fingerprint density at radius 1 is 0.913 bits per heavy atom. The van der Waals surface area contributed by atoms with Gasteiger partial charge < -0.3 is 9.47 Å². The lowest BCUT2D eigenvalue weighted by Gasteiger charge is -2.05. The molecule has 0 spiro atoms. The van der Waals surface area contributed by atoms with Crippen molar-refractivity contribution in [1.82, 2.24) is 0 Å². The third-order valence-electron chi connectivity index (χ3n) is 3.54. The second-order valence-electron chi connectivity index (χ2n) is 5.72. The summed E-state index contributed by atoms with van der Waals surface area (Å²) in [5.74, 6) is 0.346. The summed E-state index contributed by atoms with van der Waals surface area (Å²) in [4.78, 5) is 22.9. The maximum atomic E-state index is 11.7. The highest BCUT2D eigenvalue weighted by atomic mass is 16.5. The number of benzene rings is 1. The average molecular weight is 320 g/mol. The predicted molar refractivity (Wildman–Crippen MR) is 90.4 cm³/mol. The zero-order valence-electron chi connectivity index (χ0n) is 14.3. The van der Waals surface area contributed by atoms with Crippen LogP contribution in [-0.2, 0) is 14.3 Å². The van der Waals surface area contributed by atoms with Crippen molar-refractivity contribution in [2.75, 3.05) is 6.61 Å². The standard InChI is InChI=1S/C19H28O4/c1-3-22-18(20)13-8-6-4-5-7-9-14-19(21)23-17-12-10-11-16(2)15-17/h10-12,15H,3-9,13-14H2,1-2H3. The summed E-state index contributed by atoms with van der Waals surface area (Å²) in [5.41, 5.74) is 1.08. The lowest BCUT2D eigenvalue weighted by molar-refractivity contribution is -0.143. The monoisotopic (exact) mass is 320 g/mol. The lowest BCUT2D eigenvalue weighted by atomic mass is 10.1. The Labute approximate surface area is 139 Å². The summed E-state index contributed by atoms with van der Waals surface area (Å²) < 4.78 is 10.2. The van der Waals surface area contributed by atoms with Crippen molar-refractivity contribution in [2.24, 2.45) is 0 Å². The van der Waals surface area contributed by atoms with Crippen molar-refractivity contribution in [3.63, 3.8) is 0 Å². The molecule has 0 aliphatic carbocycles. The molecule has 0 saturated heterocycles. The molecule has 0 fully saturated rings. The summed E-state index contributed by atoms with van der Waals surface area (Å²) in [6.07, 6.45) is 6.92. The minimum Gasteiger partial charge on any atom is -0.466 e. The van der Waals surface area contributed by atoms with Crippen molar-refractivity contribution < 1.29 is 19.1 Å². The maximum absolute atomic E-state index is 11.7. The van der Waals surface area contributed by atoms with Gasteiger partial charge in [0, 0.05) is 12.8 Å². The predicted octanol–water partition coefficient (Wildman–Crippen LogP) is 4.58. The number of hydrogen-bond acceptors (Lipinski definition) is 4. The number of rotatable bonds is 11. The van der Waals surface area contributed by atoms with Crippen molar-refractivity contribution >= 4 is 11.9 Å². The zero-order valence-corrected chi connectivity index (χ0v) is 14.3. The lowest BCUT2D eigenvalue weighted by Crippen LogP contribution is -2.07. The quantitative estimate of drug-likeness (QED) is 0.340. The molecule has 1 rings (SSSR count). The van der Waals surface area contributed by atoms with Crippen molar-refractivity contribution in [2.45, 2.75) is 65.2 Å². The summed E-state index contributed by atoms with van der Waals surface area (Å²) >= 11 is 0. The van der Waals surface area contributed by atoms with Gasteiger partial charge >= 0.3 is 11.9 Å². The van der Waals surface area contributed by atoms with Gasteiger partial charge in [-0.2, -0.15) is 0 Å². The summed E-state index contributed by atoms with van der Waals surface area (Å²) in [6, 6.07) is 7.52. The first kappa shape index (κ1) is 19.2. The van der Waals surface area contributed by atoms with Gasteiger partial charge in [-0.15, -0.1) is 0 Å². The molecule has 1 aromatic carbocycles. The molecule has 0 saturated carbocycles. The molecular formula is C19H28O4. The highest BCUT2D eigenvalue weighted by Crippen LogP contribution is 2.14. The minimum absolute atomic E-state index is 0.105. The maximum Gasteiger partial charge on any atom is 0.311 e. The smallest absolute Gasteiger partial charge is 0.311 e. The Morgan fingerprint density at radius 2 is 1.52 bits per heavy atom. The van der Waals surface area contributed by atoms with Gasteiger partial charge in [0.05, 0.1) is 6.61 Å². The molecule has 128 valence electrons.